The van der Waals surface area contributed by atoms with Gasteiger partial charge >= 0.3 is 0 Å². The van der Waals surface area contributed by atoms with E-state index >= 15 is 0 Å². The molecule has 2 aromatic heterocycles. The summed E-state index contributed by atoms with van der Waals surface area (Å²) in [4.78, 5) is 22.0. The van der Waals surface area contributed by atoms with Crippen molar-refractivity contribution >= 4 is 23.2 Å². The number of aromatic nitrogens is 4. The second kappa shape index (κ2) is 6.97. The van der Waals surface area contributed by atoms with Gasteiger partial charge in [0.25, 0.3) is 5.78 Å². The maximum atomic E-state index is 12.8. The van der Waals surface area contributed by atoms with E-state index in [9.17, 15) is 4.79 Å². The van der Waals surface area contributed by atoms with Gasteiger partial charge < -0.3 is 4.74 Å². The molecule has 0 saturated carbocycles. The minimum absolute atomic E-state index is 0.0741. The smallest absolute Gasteiger partial charge is 0.252 e. The molecule has 1 aliphatic rings. The number of Topliss-reactive ketones (excluding diaryl/α,β-unsaturated/α-hetero) is 1. The lowest BCUT2D eigenvalue weighted by Gasteiger charge is -2.23. The Bertz CT molecular complexity index is 1220. The van der Waals surface area contributed by atoms with Crippen LogP contribution in [0.3, 0.4) is 0 Å². The number of carbonyl (C=O) groups is 1. The highest BCUT2D eigenvalue weighted by Crippen LogP contribution is 2.33. The van der Waals surface area contributed by atoms with Crippen LogP contribution in [0, 0.1) is 0 Å². The van der Waals surface area contributed by atoms with Gasteiger partial charge in [0, 0.05) is 23.2 Å². The molecule has 0 unspecified atom stereocenters. The summed E-state index contributed by atoms with van der Waals surface area (Å²) in [6.07, 6.45) is 2.88. The highest BCUT2D eigenvalue weighted by atomic mass is 35.5. The van der Waals surface area contributed by atoms with Gasteiger partial charge in [0.1, 0.15) is 5.75 Å². The van der Waals surface area contributed by atoms with Gasteiger partial charge in [-0.25, -0.2) is 9.50 Å². The molecule has 0 N–H and O–H groups in total. The van der Waals surface area contributed by atoms with Crippen molar-refractivity contribution in [3.63, 3.8) is 0 Å². The summed E-state index contributed by atoms with van der Waals surface area (Å²) in [5.41, 5.74) is 3.34. The molecule has 2 aromatic carbocycles. The fourth-order valence-corrected chi connectivity index (χ4v) is 3.84. The van der Waals surface area contributed by atoms with Crippen molar-refractivity contribution < 1.29 is 9.53 Å². The first-order valence-corrected chi connectivity index (χ1v) is 9.68. The Hall–Kier alpha value is -3.25. The average Bonchev–Trinajstić information content (AvgIpc) is 3.16. The number of ketones is 1. The number of hydrogen-bond acceptors (Lipinski definition) is 5. The molecule has 0 fully saturated rings. The van der Waals surface area contributed by atoms with E-state index in [2.05, 4.69) is 15.1 Å². The third kappa shape index (κ3) is 3.25. The Morgan fingerprint density at radius 3 is 2.52 bits per heavy atom. The van der Waals surface area contributed by atoms with Gasteiger partial charge in [-0.3, -0.25) is 4.79 Å². The normalized spacial score (nSPS) is 16.1. The maximum absolute atomic E-state index is 12.8. The Morgan fingerprint density at radius 1 is 1.03 bits per heavy atom. The quantitative estimate of drug-likeness (QED) is 0.507. The maximum Gasteiger partial charge on any atom is 0.252 e. The van der Waals surface area contributed by atoms with E-state index in [-0.39, 0.29) is 11.7 Å². The summed E-state index contributed by atoms with van der Waals surface area (Å²) in [7, 11) is 1.64. The summed E-state index contributed by atoms with van der Waals surface area (Å²) < 4.78 is 6.80. The van der Waals surface area contributed by atoms with E-state index in [1.807, 2.05) is 36.4 Å². The molecular formula is C22H17ClN4O2. The molecule has 0 aliphatic heterocycles. The van der Waals surface area contributed by atoms with Gasteiger partial charge in [-0.05, 0) is 54.3 Å². The standard InChI is InChI=1S/C22H17ClN4O2/c1-29-17-8-4-13(5-9-17)15-10-19-18(20(28)11-15)12-27-22(24-19)25-21(26-27)14-2-6-16(23)7-3-14/h2-9,12,15H,10-11H2,1H3/t15-/m1/s1. The lowest BCUT2D eigenvalue weighted by molar-refractivity contribution is 0.0962. The zero-order valence-electron chi connectivity index (χ0n) is 15.7. The van der Waals surface area contributed by atoms with Gasteiger partial charge in [-0.2, -0.15) is 4.98 Å². The van der Waals surface area contributed by atoms with Crippen molar-refractivity contribution in [2.45, 2.75) is 18.8 Å². The number of rotatable bonds is 3. The van der Waals surface area contributed by atoms with Crippen LogP contribution in [0.2, 0.25) is 5.02 Å². The molecule has 6 nitrogen and oxygen atoms in total. The molecule has 4 aromatic rings. The number of halogens is 1. The molecule has 7 heteroatoms. The van der Waals surface area contributed by atoms with Crippen LogP contribution in [-0.2, 0) is 6.42 Å². The number of hydrogen-bond donors (Lipinski definition) is 0. The summed E-state index contributed by atoms with van der Waals surface area (Å²) in [5.74, 6) is 2.00. The first-order valence-electron chi connectivity index (χ1n) is 9.30. The van der Waals surface area contributed by atoms with Crippen LogP contribution >= 0.6 is 11.6 Å². The number of ether oxygens (including phenoxy) is 1. The van der Waals surface area contributed by atoms with Gasteiger partial charge in [-0.1, -0.05) is 23.7 Å². The minimum Gasteiger partial charge on any atom is -0.497 e. The first-order chi connectivity index (χ1) is 14.1. The van der Waals surface area contributed by atoms with E-state index in [1.165, 1.54) is 0 Å². The van der Waals surface area contributed by atoms with Crippen LogP contribution in [0.1, 0.15) is 34.0 Å². The highest BCUT2D eigenvalue weighted by Gasteiger charge is 2.28. The third-order valence-corrected chi connectivity index (χ3v) is 5.52. The summed E-state index contributed by atoms with van der Waals surface area (Å²) in [6.45, 7) is 0. The van der Waals surface area contributed by atoms with Crippen molar-refractivity contribution in [3.8, 4) is 17.1 Å². The van der Waals surface area contributed by atoms with Crippen LogP contribution < -0.4 is 4.74 Å². The molecule has 2 heterocycles. The van der Waals surface area contributed by atoms with Crippen LogP contribution in [0.5, 0.6) is 5.75 Å². The SMILES string of the molecule is COc1ccc([C@H]2CC(=O)c3cn4nc(-c5ccc(Cl)cc5)nc4nc3C2)cc1. The van der Waals surface area contributed by atoms with E-state index in [0.717, 1.165) is 22.6 Å². The van der Waals surface area contributed by atoms with Crippen LogP contribution in [0.15, 0.2) is 54.7 Å². The van der Waals surface area contributed by atoms with Gasteiger partial charge in [0.05, 0.1) is 18.4 Å². The molecule has 1 atom stereocenters. The molecule has 0 spiro atoms. The molecule has 5 rings (SSSR count). The molecule has 0 saturated heterocycles. The number of benzene rings is 2. The van der Waals surface area contributed by atoms with Crippen molar-refractivity contribution in [1.82, 2.24) is 19.6 Å². The zero-order valence-corrected chi connectivity index (χ0v) is 16.4. The second-order valence-electron chi connectivity index (χ2n) is 7.09. The van der Waals surface area contributed by atoms with Gasteiger partial charge in [0.15, 0.2) is 11.6 Å². The molecule has 144 valence electrons. The summed E-state index contributed by atoms with van der Waals surface area (Å²) in [6, 6.07) is 15.2. The molecule has 0 amide bonds. The van der Waals surface area contributed by atoms with E-state index in [1.54, 1.807) is 30.0 Å². The molecular weight excluding hydrogens is 388 g/mol. The van der Waals surface area contributed by atoms with E-state index in [0.29, 0.717) is 35.0 Å². The van der Waals surface area contributed by atoms with Crippen molar-refractivity contribution in [2.75, 3.05) is 7.11 Å². The van der Waals surface area contributed by atoms with Crippen molar-refractivity contribution in [3.05, 3.63) is 76.6 Å². The van der Waals surface area contributed by atoms with Crippen LogP contribution in [0.25, 0.3) is 17.2 Å². The number of carbonyl (C=O) groups excluding carboxylic acids is 1. The number of nitrogens with zero attached hydrogens (tertiary/aromatic N) is 4. The van der Waals surface area contributed by atoms with E-state index in [4.69, 9.17) is 16.3 Å². The topological polar surface area (TPSA) is 69.4 Å². The fourth-order valence-electron chi connectivity index (χ4n) is 3.72. The summed E-state index contributed by atoms with van der Waals surface area (Å²) in [5, 5.41) is 5.14. The van der Waals surface area contributed by atoms with Gasteiger partial charge in [0.2, 0.25) is 0 Å². The Balaban J connectivity index is 1.51. The minimum atomic E-state index is 0.0741. The number of methoxy groups -OCH3 is 1. The monoisotopic (exact) mass is 404 g/mol. The lowest BCUT2D eigenvalue weighted by atomic mass is 9.82. The van der Waals surface area contributed by atoms with E-state index < -0.39 is 0 Å². The molecule has 0 bridgehead atoms. The van der Waals surface area contributed by atoms with Crippen molar-refractivity contribution in [1.29, 1.82) is 0 Å². The second-order valence-corrected chi connectivity index (χ2v) is 7.53. The van der Waals surface area contributed by atoms with Crippen molar-refractivity contribution in [2.24, 2.45) is 0 Å². The Morgan fingerprint density at radius 2 is 1.79 bits per heavy atom. The largest absolute Gasteiger partial charge is 0.497 e. The lowest BCUT2D eigenvalue weighted by Crippen LogP contribution is -2.21. The highest BCUT2D eigenvalue weighted by molar-refractivity contribution is 6.30. The van der Waals surface area contributed by atoms with Crippen LogP contribution in [-0.4, -0.2) is 32.5 Å². The van der Waals surface area contributed by atoms with Gasteiger partial charge in [-0.15, -0.1) is 5.10 Å². The first kappa shape index (κ1) is 17.8. The fraction of sp³-hybridized carbons (Fsp3) is 0.182. The predicted octanol–water partition coefficient (Wildman–Crippen LogP) is 4.37. The van der Waals surface area contributed by atoms with Crippen LogP contribution in [0.4, 0.5) is 0 Å². The number of fused-ring (bicyclic) bond motifs is 2. The average molecular weight is 405 g/mol. The molecule has 1 aliphatic carbocycles. The zero-order chi connectivity index (χ0) is 20.0. The third-order valence-electron chi connectivity index (χ3n) is 5.27. The Labute approximate surface area is 172 Å². The summed E-state index contributed by atoms with van der Waals surface area (Å²) >= 11 is 5.96. The molecule has 0 radical (unpaired) electrons. The predicted molar refractivity (Wildman–Crippen MR) is 110 cm³/mol. The Kier molecular flexibility index (Phi) is 4.28. The molecule has 29 heavy (non-hydrogen) atoms.